The number of halogens is 1. The maximum absolute atomic E-state index is 5.61. The molecule has 2 heterocycles. The number of thiocarbonyl (C=S) groups is 1. The molecule has 5 nitrogen and oxygen atoms in total. The number of hydrogen-bond donors (Lipinski definition) is 1. The van der Waals surface area contributed by atoms with Crippen LogP contribution in [0.3, 0.4) is 0 Å². The zero-order valence-corrected chi connectivity index (χ0v) is 11.3. The summed E-state index contributed by atoms with van der Waals surface area (Å²) in [5.41, 5.74) is 6.30. The second kappa shape index (κ2) is 4.80. The zero-order valence-electron chi connectivity index (χ0n) is 8.92. The molecule has 0 saturated heterocycles. The molecule has 7 heteroatoms. The highest BCUT2D eigenvalue weighted by Gasteiger charge is 2.10. The van der Waals surface area contributed by atoms with Crippen molar-refractivity contribution in [1.29, 1.82) is 0 Å². The molecule has 2 rings (SSSR count). The smallest absolute Gasteiger partial charge is 0.237 e. The SMILES string of the molecule is COc1nc(-n2cccc2C(N)=S)ncc1Br. The van der Waals surface area contributed by atoms with Crippen molar-refractivity contribution in [2.75, 3.05) is 7.11 Å². The van der Waals surface area contributed by atoms with E-state index in [1.807, 2.05) is 6.07 Å². The molecule has 0 spiro atoms. The van der Waals surface area contributed by atoms with Crippen molar-refractivity contribution in [3.63, 3.8) is 0 Å². The van der Waals surface area contributed by atoms with Crippen LogP contribution in [-0.4, -0.2) is 26.6 Å². The average molecular weight is 313 g/mol. The molecule has 2 aromatic heterocycles. The van der Waals surface area contributed by atoms with Gasteiger partial charge in [0.1, 0.15) is 4.99 Å². The maximum atomic E-state index is 5.61. The molecule has 2 N–H and O–H groups in total. The number of aromatic nitrogens is 3. The Labute approximate surface area is 112 Å². The Hall–Kier alpha value is -1.47. The van der Waals surface area contributed by atoms with Crippen LogP contribution in [-0.2, 0) is 0 Å². The molecule has 0 amide bonds. The molecule has 0 aromatic carbocycles. The lowest BCUT2D eigenvalue weighted by atomic mass is 10.4. The molecule has 0 fully saturated rings. The summed E-state index contributed by atoms with van der Waals surface area (Å²) in [7, 11) is 1.54. The molecular formula is C10H9BrN4OS. The predicted molar refractivity (Wildman–Crippen MR) is 71.5 cm³/mol. The molecule has 0 aliphatic heterocycles. The molecule has 88 valence electrons. The summed E-state index contributed by atoms with van der Waals surface area (Å²) in [6, 6.07) is 3.63. The Morgan fingerprint density at radius 1 is 1.59 bits per heavy atom. The van der Waals surface area contributed by atoms with E-state index in [0.29, 0.717) is 27.0 Å². The van der Waals surface area contributed by atoms with Crippen molar-refractivity contribution in [1.82, 2.24) is 14.5 Å². The van der Waals surface area contributed by atoms with E-state index in [-0.39, 0.29) is 0 Å². The molecule has 0 radical (unpaired) electrons. The predicted octanol–water partition coefficient (Wildman–Crippen LogP) is 1.67. The van der Waals surface area contributed by atoms with Gasteiger partial charge in [0.25, 0.3) is 0 Å². The largest absolute Gasteiger partial charge is 0.480 e. The molecule has 0 aliphatic carbocycles. The number of rotatable bonds is 3. The molecule has 0 unspecified atom stereocenters. The van der Waals surface area contributed by atoms with E-state index in [1.54, 1.807) is 30.1 Å². The van der Waals surface area contributed by atoms with Crippen LogP contribution in [0.1, 0.15) is 5.69 Å². The van der Waals surface area contributed by atoms with Crippen LogP contribution in [0.4, 0.5) is 0 Å². The quantitative estimate of drug-likeness (QED) is 0.873. The van der Waals surface area contributed by atoms with Gasteiger partial charge in [0, 0.05) is 6.20 Å². The van der Waals surface area contributed by atoms with E-state index in [1.165, 1.54) is 0 Å². The monoisotopic (exact) mass is 312 g/mol. The highest BCUT2D eigenvalue weighted by atomic mass is 79.9. The first-order chi connectivity index (χ1) is 8.13. The van der Waals surface area contributed by atoms with Crippen LogP contribution in [0.5, 0.6) is 5.88 Å². The molecule has 0 saturated carbocycles. The van der Waals surface area contributed by atoms with Crippen molar-refractivity contribution in [3.05, 3.63) is 34.7 Å². The van der Waals surface area contributed by atoms with Gasteiger partial charge in [0.05, 0.1) is 23.5 Å². The van der Waals surface area contributed by atoms with Crippen molar-refractivity contribution < 1.29 is 4.74 Å². The second-order valence-corrected chi connectivity index (χ2v) is 4.45. The average Bonchev–Trinajstić information content (AvgIpc) is 2.78. The summed E-state index contributed by atoms with van der Waals surface area (Å²) in [5.74, 6) is 0.912. The number of ether oxygens (including phenoxy) is 1. The topological polar surface area (TPSA) is 66.0 Å². The Morgan fingerprint density at radius 2 is 2.35 bits per heavy atom. The molecule has 17 heavy (non-hydrogen) atoms. The third-order valence-corrected chi connectivity index (χ3v) is 2.86. The standard InChI is InChI=1S/C10H9BrN4OS/c1-16-9-6(11)5-13-10(14-9)15-4-2-3-7(15)8(12)17/h2-5H,1H3,(H2,12,17). The molecule has 2 aromatic rings. The number of hydrogen-bond acceptors (Lipinski definition) is 4. The van der Waals surface area contributed by atoms with Crippen molar-refractivity contribution in [2.24, 2.45) is 5.73 Å². The van der Waals surface area contributed by atoms with E-state index >= 15 is 0 Å². The van der Waals surface area contributed by atoms with Crippen LogP contribution in [0, 0.1) is 0 Å². The third kappa shape index (κ3) is 2.29. The summed E-state index contributed by atoms with van der Waals surface area (Å²) < 4.78 is 7.50. The summed E-state index contributed by atoms with van der Waals surface area (Å²) in [4.78, 5) is 8.72. The number of nitrogens with zero attached hydrogens (tertiary/aromatic N) is 3. The van der Waals surface area contributed by atoms with Gasteiger partial charge in [-0.1, -0.05) is 12.2 Å². The molecule has 0 aliphatic rings. The minimum Gasteiger partial charge on any atom is -0.480 e. The number of methoxy groups -OCH3 is 1. The van der Waals surface area contributed by atoms with Gasteiger partial charge in [0.15, 0.2) is 0 Å². The van der Waals surface area contributed by atoms with Crippen LogP contribution < -0.4 is 10.5 Å². The Balaban J connectivity index is 2.53. The van der Waals surface area contributed by atoms with Gasteiger partial charge in [-0.15, -0.1) is 0 Å². The van der Waals surface area contributed by atoms with Gasteiger partial charge >= 0.3 is 0 Å². The van der Waals surface area contributed by atoms with Crippen LogP contribution >= 0.6 is 28.1 Å². The van der Waals surface area contributed by atoms with Crippen LogP contribution in [0.15, 0.2) is 29.0 Å². The third-order valence-electron chi connectivity index (χ3n) is 2.11. The Morgan fingerprint density at radius 3 is 3.00 bits per heavy atom. The molecule has 0 bridgehead atoms. The minimum atomic E-state index is 0.292. The van der Waals surface area contributed by atoms with E-state index in [9.17, 15) is 0 Å². The van der Waals surface area contributed by atoms with E-state index in [0.717, 1.165) is 0 Å². The summed E-state index contributed by atoms with van der Waals surface area (Å²) in [5, 5.41) is 0. The van der Waals surface area contributed by atoms with Crippen LogP contribution in [0.25, 0.3) is 5.95 Å². The Bertz CT molecular complexity index is 569. The van der Waals surface area contributed by atoms with Crippen LogP contribution in [0.2, 0.25) is 0 Å². The molecule has 0 atom stereocenters. The normalized spacial score (nSPS) is 10.2. The number of nitrogens with two attached hydrogens (primary N) is 1. The fraction of sp³-hybridized carbons (Fsp3) is 0.100. The first-order valence-electron chi connectivity index (χ1n) is 4.67. The maximum Gasteiger partial charge on any atom is 0.237 e. The summed E-state index contributed by atoms with van der Waals surface area (Å²) in [6.07, 6.45) is 3.40. The van der Waals surface area contributed by atoms with Gasteiger partial charge < -0.3 is 10.5 Å². The van der Waals surface area contributed by atoms with Crippen molar-refractivity contribution in [2.45, 2.75) is 0 Å². The first kappa shape index (κ1) is 12.0. The van der Waals surface area contributed by atoms with E-state index in [2.05, 4.69) is 25.9 Å². The fourth-order valence-corrected chi connectivity index (χ4v) is 1.88. The summed E-state index contributed by atoms with van der Waals surface area (Å²) in [6.45, 7) is 0. The fourth-order valence-electron chi connectivity index (χ4n) is 1.36. The Kier molecular flexibility index (Phi) is 3.39. The van der Waals surface area contributed by atoms with Gasteiger partial charge in [-0.2, -0.15) is 4.98 Å². The lowest BCUT2D eigenvalue weighted by molar-refractivity contribution is 0.393. The van der Waals surface area contributed by atoms with E-state index < -0.39 is 0 Å². The first-order valence-corrected chi connectivity index (χ1v) is 5.87. The highest BCUT2D eigenvalue weighted by molar-refractivity contribution is 9.10. The lowest BCUT2D eigenvalue weighted by Gasteiger charge is -2.08. The minimum absolute atomic E-state index is 0.292. The summed E-state index contributed by atoms with van der Waals surface area (Å²) >= 11 is 8.24. The lowest BCUT2D eigenvalue weighted by Crippen LogP contribution is -2.15. The van der Waals surface area contributed by atoms with Crippen molar-refractivity contribution >= 4 is 33.1 Å². The molecular weight excluding hydrogens is 304 g/mol. The van der Waals surface area contributed by atoms with E-state index in [4.69, 9.17) is 22.7 Å². The second-order valence-electron chi connectivity index (χ2n) is 3.15. The van der Waals surface area contributed by atoms with Crippen molar-refractivity contribution in [3.8, 4) is 11.8 Å². The van der Waals surface area contributed by atoms with Gasteiger partial charge in [-0.25, -0.2) is 4.98 Å². The highest BCUT2D eigenvalue weighted by Crippen LogP contribution is 2.22. The van der Waals surface area contributed by atoms with Gasteiger partial charge in [-0.3, -0.25) is 4.57 Å². The van der Waals surface area contributed by atoms with Gasteiger partial charge in [-0.05, 0) is 28.1 Å². The van der Waals surface area contributed by atoms with Gasteiger partial charge in [0.2, 0.25) is 11.8 Å². The zero-order chi connectivity index (χ0) is 12.4.